The maximum absolute atomic E-state index is 11.7. The molecule has 1 atom stereocenters. The number of aromatic nitrogens is 1. The van der Waals surface area contributed by atoms with Crippen LogP contribution in [0.5, 0.6) is 0 Å². The van der Waals surface area contributed by atoms with Crippen LogP contribution in [-0.4, -0.2) is 30.0 Å². The molecule has 0 bridgehead atoms. The predicted molar refractivity (Wildman–Crippen MR) is 61.9 cm³/mol. The second-order valence-electron chi connectivity index (χ2n) is 3.50. The Morgan fingerprint density at radius 3 is 3.06 bits per heavy atom. The molecule has 17 heavy (non-hydrogen) atoms. The monoisotopic (exact) mass is 255 g/mol. The van der Waals surface area contributed by atoms with Gasteiger partial charge in [-0.05, 0) is 12.1 Å². The molecule has 0 radical (unpaired) electrons. The fourth-order valence-electron chi connectivity index (χ4n) is 1.49. The van der Waals surface area contributed by atoms with Crippen LogP contribution < -0.4 is 10.6 Å². The van der Waals surface area contributed by atoms with Crippen LogP contribution in [0.1, 0.15) is 6.42 Å². The predicted octanol–water partition coefficient (Wildman–Crippen LogP) is 1.03. The normalized spacial score (nSPS) is 17.8. The van der Waals surface area contributed by atoms with Crippen molar-refractivity contribution in [2.75, 3.05) is 17.7 Å². The number of amides is 1. The summed E-state index contributed by atoms with van der Waals surface area (Å²) in [5.74, 6) is -0.318. The number of rotatable bonds is 2. The van der Waals surface area contributed by atoms with Crippen molar-refractivity contribution in [3.8, 4) is 0 Å². The van der Waals surface area contributed by atoms with E-state index in [1.54, 1.807) is 12.1 Å². The molecule has 0 saturated heterocycles. The molecule has 1 aliphatic rings. The lowest BCUT2D eigenvalue weighted by atomic mass is 10.1. The molecule has 90 valence electrons. The number of methoxy groups -OCH3 is 1. The van der Waals surface area contributed by atoms with Gasteiger partial charge in [-0.1, -0.05) is 11.6 Å². The summed E-state index contributed by atoms with van der Waals surface area (Å²) in [5, 5.41) is 5.79. The van der Waals surface area contributed by atoms with Gasteiger partial charge in [-0.15, -0.1) is 0 Å². The summed E-state index contributed by atoms with van der Waals surface area (Å²) < 4.78 is 4.51. The highest BCUT2D eigenvalue weighted by atomic mass is 35.5. The quantitative estimate of drug-likeness (QED) is 0.609. The van der Waals surface area contributed by atoms with E-state index in [1.807, 2.05) is 0 Å². The summed E-state index contributed by atoms with van der Waals surface area (Å²) in [6.07, 6.45) is -0.0596. The Morgan fingerprint density at radius 2 is 2.35 bits per heavy atom. The number of hydrogen-bond donors (Lipinski definition) is 2. The molecular weight excluding hydrogens is 246 g/mol. The fraction of sp³-hybridized carbons (Fsp3) is 0.300. The number of anilines is 2. The first-order valence-electron chi connectivity index (χ1n) is 4.91. The number of halogens is 1. The van der Waals surface area contributed by atoms with E-state index in [1.165, 1.54) is 7.11 Å². The third-order valence-corrected chi connectivity index (χ3v) is 2.56. The maximum Gasteiger partial charge on any atom is 0.308 e. The lowest BCUT2D eigenvalue weighted by Gasteiger charge is -2.25. The smallest absolute Gasteiger partial charge is 0.308 e. The van der Waals surface area contributed by atoms with E-state index in [-0.39, 0.29) is 12.3 Å². The molecule has 0 saturated carbocycles. The Hall–Kier alpha value is -1.82. The van der Waals surface area contributed by atoms with E-state index in [0.29, 0.717) is 16.7 Å². The average molecular weight is 256 g/mol. The van der Waals surface area contributed by atoms with Crippen LogP contribution in [0.3, 0.4) is 0 Å². The molecule has 1 aromatic heterocycles. The van der Waals surface area contributed by atoms with Crippen LogP contribution in [0.2, 0.25) is 5.15 Å². The molecule has 1 amide bonds. The first-order valence-corrected chi connectivity index (χ1v) is 5.28. The fourth-order valence-corrected chi connectivity index (χ4v) is 1.64. The summed E-state index contributed by atoms with van der Waals surface area (Å²) in [6.45, 7) is 0. The maximum atomic E-state index is 11.7. The Kier molecular flexibility index (Phi) is 3.14. The molecule has 0 unspecified atom stereocenters. The van der Waals surface area contributed by atoms with Gasteiger partial charge in [-0.25, -0.2) is 4.98 Å². The summed E-state index contributed by atoms with van der Waals surface area (Å²) in [5.41, 5.74) is 0.542. The Balaban J connectivity index is 2.19. The van der Waals surface area contributed by atoms with E-state index in [4.69, 9.17) is 11.6 Å². The van der Waals surface area contributed by atoms with Crippen molar-refractivity contribution in [1.82, 2.24) is 4.98 Å². The largest absolute Gasteiger partial charge is 0.469 e. The van der Waals surface area contributed by atoms with Gasteiger partial charge in [0.05, 0.1) is 19.2 Å². The third-order valence-electron chi connectivity index (χ3n) is 2.35. The van der Waals surface area contributed by atoms with Crippen molar-refractivity contribution in [2.45, 2.75) is 12.5 Å². The average Bonchev–Trinajstić information content (AvgIpc) is 2.30. The highest BCUT2D eigenvalue weighted by Gasteiger charge is 2.28. The molecule has 1 aliphatic heterocycles. The molecule has 6 nitrogen and oxygen atoms in total. The molecule has 0 aliphatic carbocycles. The zero-order valence-corrected chi connectivity index (χ0v) is 9.75. The van der Waals surface area contributed by atoms with E-state index >= 15 is 0 Å². The number of ether oxygens (including phenoxy) is 1. The number of carbonyl (C=O) groups excluding carboxylic acids is 2. The second kappa shape index (κ2) is 4.58. The van der Waals surface area contributed by atoms with Crippen LogP contribution in [0.15, 0.2) is 12.1 Å². The van der Waals surface area contributed by atoms with Gasteiger partial charge in [0.15, 0.2) is 5.82 Å². The van der Waals surface area contributed by atoms with Gasteiger partial charge < -0.3 is 15.4 Å². The molecule has 2 N–H and O–H groups in total. The zero-order valence-electron chi connectivity index (χ0n) is 8.99. The molecule has 1 aromatic rings. The summed E-state index contributed by atoms with van der Waals surface area (Å²) in [7, 11) is 1.27. The van der Waals surface area contributed by atoms with Crippen molar-refractivity contribution in [1.29, 1.82) is 0 Å². The van der Waals surface area contributed by atoms with Crippen LogP contribution in [0.25, 0.3) is 0 Å². The molecule has 2 heterocycles. The first-order chi connectivity index (χ1) is 8.10. The standard InChI is InChI=1S/C10H10ClN3O3/c1-17-8(15)4-6-10(16)13-5-2-3-7(11)14-9(5)12-6/h2-3,6H,4H2,1H3,(H,12,14)(H,13,16)/t6-/m1/s1. The zero-order chi connectivity index (χ0) is 12.4. The molecule has 0 aromatic carbocycles. The highest BCUT2D eigenvalue weighted by Crippen LogP contribution is 2.26. The van der Waals surface area contributed by atoms with Gasteiger partial charge in [-0.2, -0.15) is 0 Å². The van der Waals surface area contributed by atoms with E-state index in [0.717, 1.165) is 0 Å². The van der Waals surface area contributed by atoms with E-state index < -0.39 is 12.0 Å². The van der Waals surface area contributed by atoms with Gasteiger partial charge >= 0.3 is 5.97 Å². The van der Waals surface area contributed by atoms with Gasteiger partial charge in [-0.3, -0.25) is 9.59 Å². The van der Waals surface area contributed by atoms with Crippen molar-refractivity contribution < 1.29 is 14.3 Å². The first kappa shape index (κ1) is 11.7. The van der Waals surface area contributed by atoms with Crippen LogP contribution in [0.4, 0.5) is 11.5 Å². The summed E-state index contributed by atoms with van der Waals surface area (Å²) >= 11 is 5.74. The van der Waals surface area contributed by atoms with E-state index in [2.05, 4.69) is 20.4 Å². The summed E-state index contributed by atoms with van der Waals surface area (Å²) in [4.78, 5) is 26.8. The Morgan fingerprint density at radius 1 is 1.59 bits per heavy atom. The lowest BCUT2D eigenvalue weighted by molar-refractivity contribution is -0.142. The number of pyridine rings is 1. The second-order valence-corrected chi connectivity index (χ2v) is 3.88. The highest BCUT2D eigenvalue weighted by molar-refractivity contribution is 6.29. The Labute approximate surface area is 102 Å². The number of esters is 1. The van der Waals surface area contributed by atoms with Crippen LogP contribution in [0, 0.1) is 0 Å². The lowest BCUT2D eigenvalue weighted by Crippen LogP contribution is -2.40. The minimum absolute atomic E-state index is 0.0596. The SMILES string of the molecule is COC(=O)C[C@H]1Nc2nc(Cl)ccc2NC1=O. The molecule has 7 heteroatoms. The molecule has 2 rings (SSSR count). The minimum atomic E-state index is -0.694. The minimum Gasteiger partial charge on any atom is -0.469 e. The van der Waals surface area contributed by atoms with Crippen molar-refractivity contribution in [2.24, 2.45) is 0 Å². The van der Waals surface area contributed by atoms with Crippen molar-refractivity contribution in [3.05, 3.63) is 17.3 Å². The molecule has 0 fully saturated rings. The van der Waals surface area contributed by atoms with Crippen LogP contribution >= 0.6 is 11.6 Å². The third kappa shape index (κ3) is 2.47. The molecule has 0 spiro atoms. The number of fused-ring (bicyclic) bond motifs is 1. The number of nitrogens with zero attached hydrogens (tertiary/aromatic N) is 1. The van der Waals surface area contributed by atoms with Gasteiger partial charge in [0, 0.05) is 0 Å². The number of nitrogens with one attached hydrogen (secondary N) is 2. The number of hydrogen-bond acceptors (Lipinski definition) is 5. The van der Waals surface area contributed by atoms with Gasteiger partial charge in [0.1, 0.15) is 11.2 Å². The Bertz CT molecular complexity index is 478. The van der Waals surface area contributed by atoms with E-state index in [9.17, 15) is 9.59 Å². The molecular formula is C10H10ClN3O3. The van der Waals surface area contributed by atoms with Crippen molar-refractivity contribution >= 4 is 35.0 Å². The van der Waals surface area contributed by atoms with Gasteiger partial charge in [0.2, 0.25) is 5.91 Å². The van der Waals surface area contributed by atoms with Gasteiger partial charge in [0.25, 0.3) is 0 Å². The number of carbonyl (C=O) groups is 2. The topological polar surface area (TPSA) is 80.3 Å². The van der Waals surface area contributed by atoms with Crippen molar-refractivity contribution in [3.63, 3.8) is 0 Å². The van der Waals surface area contributed by atoms with Crippen LogP contribution in [-0.2, 0) is 14.3 Å². The summed E-state index contributed by atoms with van der Waals surface area (Å²) in [6, 6.07) is 2.52.